The van der Waals surface area contributed by atoms with E-state index in [9.17, 15) is 0 Å². The molecular formula is C21H29BO3. The Hall–Kier alpha value is -1.10. The second kappa shape index (κ2) is 6.26. The van der Waals surface area contributed by atoms with E-state index in [0.29, 0.717) is 24.5 Å². The summed E-state index contributed by atoms with van der Waals surface area (Å²) in [4.78, 5) is 0. The molecule has 0 N–H and O–H groups in total. The van der Waals surface area contributed by atoms with Gasteiger partial charge in [0, 0.05) is 5.82 Å². The molecule has 4 heteroatoms. The van der Waals surface area contributed by atoms with E-state index in [0.717, 1.165) is 12.3 Å². The number of benzene rings is 1. The first kappa shape index (κ1) is 17.3. The van der Waals surface area contributed by atoms with Crippen LogP contribution in [0.1, 0.15) is 39.2 Å². The molecule has 2 bridgehead atoms. The second-order valence-electron chi connectivity index (χ2n) is 8.74. The molecule has 1 aromatic rings. The van der Waals surface area contributed by atoms with Crippen LogP contribution in [0.15, 0.2) is 43.0 Å². The first-order chi connectivity index (χ1) is 11.9. The van der Waals surface area contributed by atoms with Crippen molar-refractivity contribution in [3.8, 4) is 0 Å². The lowest BCUT2D eigenvalue weighted by molar-refractivity contribution is -0.199. The van der Waals surface area contributed by atoms with Crippen molar-refractivity contribution in [2.75, 3.05) is 6.61 Å². The third-order valence-electron chi connectivity index (χ3n) is 7.04. The number of rotatable bonds is 6. The van der Waals surface area contributed by atoms with Crippen molar-refractivity contribution in [1.82, 2.24) is 0 Å². The Balaban J connectivity index is 1.37. The standard InChI is InChI=1S/C21H29BO3/c1-5-17(14-23-13-15-9-7-6-8-10-15)22-24-19-12-16-11-18(20(16,2)3)21(19,4)25-22/h5-10,16-19H,1,11-14H2,2-4H3/t16-,17-,18-,19+,21-/m0/s1. The van der Waals surface area contributed by atoms with E-state index in [1.54, 1.807) is 0 Å². The van der Waals surface area contributed by atoms with Crippen LogP contribution in [0.4, 0.5) is 0 Å². The second-order valence-corrected chi connectivity index (χ2v) is 8.74. The summed E-state index contributed by atoms with van der Waals surface area (Å²) in [6, 6.07) is 10.2. The Morgan fingerprint density at radius 2 is 2.04 bits per heavy atom. The van der Waals surface area contributed by atoms with Gasteiger partial charge in [0.1, 0.15) is 0 Å². The van der Waals surface area contributed by atoms with E-state index in [1.807, 2.05) is 24.3 Å². The van der Waals surface area contributed by atoms with Gasteiger partial charge in [-0.1, -0.05) is 50.3 Å². The predicted octanol–water partition coefficient (Wildman–Crippen LogP) is 4.49. The van der Waals surface area contributed by atoms with Crippen molar-refractivity contribution in [2.45, 2.75) is 57.7 Å². The molecule has 25 heavy (non-hydrogen) atoms. The average molecular weight is 340 g/mol. The lowest BCUT2D eigenvalue weighted by Crippen LogP contribution is -2.65. The van der Waals surface area contributed by atoms with Crippen molar-refractivity contribution < 1.29 is 14.0 Å². The molecule has 4 fully saturated rings. The summed E-state index contributed by atoms with van der Waals surface area (Å²) < 4.78 is 18.8. The maximum absolute atomic E-state index is 6.52. The minimum absolute atomic E-state index is 0.0615. The summed E-state index contributed by atoms with van der Waals surface area (Å²) in [6.45, 7) is 12.2. The average Bonchev–Trinajstić information content (AvgIpc) is 2.96. The van der Waals surface area contributed by atoms with Crippen LogP contribution >= 0.6 is 0 Å². The van der Waals surface area contributed by atoms with Gasteiger partial charge in [-0.15, -0.1) is 6.58 Å². The summed E-state index contributed by atoms with van der Waals surface area (Å²) in [5.74, 6) is 1.42. The summed E-state index contributed by atoms with van der Waals surface area (Å²) >= 11 is 0. The van der Waals surface area contributed by atoms with Crippen LogP contribution < -0.4 is 0 Å². The van der Waals surface area contributed by atoms with E-state index in [4.69, 9.17) is 14.0 Å². The minimum atomic E-state index is -0.238. The van der Waals surface area contributed by atoms with E-state index >= 15 is 0 Å². The van der Waals surface area contributed by atoms with Crippen molar-refractivity contribution in [2.24, 2.45) is 17.3 Å². The Bertz CT molecular complexity index is 631. The molecule has 5 atom stereocenters. The smallest absolute Gasteiger partial charge is 0.405 e. The third kappa shape index (κ3) is 2.79. The topological polar surface area (TPSA) is 27.7 Å². The maximum Gasteiger partial charge on any atom is 0.467 e. The van der Waals surface area contributed by atoms with Crippen LogP contribution in [0.5, 0.6) is 0 Å². The van der Waals surface area contributed by atoms with Gasteiger partial charge in [0.25, 0.3) is 0 Å². The summed E-state index contributed by atoms with van der Waals surface area (Å²) in [5.41, 5.74) is 1.39. The predicted molar refractivity (Wildman–Crippen MR) is 100 cm³/mol. The van der Waals surface area contributed by atoms with Gasteiger partial charge in [-0.05, 0) is 42.6 Å². The summed E-state index contributed by atoms with van der Waals surface area (Å²) in [7, 11) is -0.238. The molecule has 0 unspecified atom stereocenters. The van der Waals surface area contributed by atoms with Gasteiger partial charge in [-0.2, -0.15) is 0 Å². The van der Waals surface area contributed by atoms with Crippen LogP contribution in [-0.2, 0) is 20.7 Å². The molecule has 3 nitrogen and oxygen atoms in total. The number of hydrogen-bond acceptors (Lipinski definition) is 3. The molecule has 4 aliphatic rings. The molecule has 5 rings (SSSR count). The first-order valence-corrected chi connectivity index (χ1v) is 9.52. The van der Waals surface area contributed by atoms with Crippen molar-refractivity contribution in [1.29, 1.82) is 0 Å². The summed E-state index contributed by atoms with van der Waals surface area (Å²) in [6.07, 6.45) is 4.53. The minimum Gasteiger partial charge on any atom is -0.405 e. The molecule has 134 valence electrons. The summed E-state index contributed by atoms with van der Waals surface area (Å²) in [5, 5.41) is 0. The Labute approximate surface area is 151 Å². The molecular weight excluding hydrogens is 311 g/mol. The first-order valence-electron chi connectivity index (χ1n) is 9.52. The zero-order valence-electron chi connectivity index (χ0n) is 15.6. The zero-order valence-corrected chi connectivity index (χ0v) is 15.6. The van der Waals surface area contributed by atoms with Crippen molar-refractivity contribution in [3.63, 3.8) is 0 Å². The van der Waals surface area contributed by atoms with Crippen LogP contribution in [0, 0.1) is 17.3 Å². The highest BCUT2D eigenvalue weighted by Crippen LogP contribution is 2.66. The lowest BCUT2D eigenvalue weighted by Gasteiger charge is -2.64. The van der Waals surface area contributed by atoms with E-state index in [-0.39, 0.29) is 24.6 Å². The van der Waals surface area contributed by atoms with E-state index in [1.165, 1.54) is 12.0 Å². The van der Waals surface area contributed by atoms with Gasteiger partial charge in [0.05, 0.1) is 24.9 Å². The highest BCUT2D eigenvalue weighted by molar-refractivity contribution is 6.48. The SMILES string of the molecule is C=C[C@@H](COCc1ccccc1)B1O[C@@H]2C[C@@H]3C[C@@H](C3(C)C)[C@]2(C)O1. The van der Waals surface area contributed by atoms with E-state index < -0.39 is 0 Å². The van der Waals surface area contributed by atoms with Gasteiger partial charge in [0.15, 0.2) is 0 Å². The Kier molecular flexibility index (Phi) is 4.34. The lowest BCUT2D eigenvalue weighted by atomic mass is 9.43. The van der Waals surface area contributed by atoms with Crippen LogP contribution in [-0.4, -0.2) is 25.4 Å². The largest absolute Gasteiger partial charge is 0.467 e. The number of hydrogen-bond donors (Lipinski definition) is 0. The molecule has 0 aromatic heterocycles. The van der Waals surface area contributed by atoms with E-state index in [2.05, 4.69) is 39.5 Å². The van der Waals surface area contributed by atoms with Crippen LogP contribution in [0.25, 0.3) is 0 Å². The molecule has 1 aromatic carbocycles. The fraction of sp³-hybridized carbons (Fsp3) is 0.619. The third-order valence-corrected chi connectivity index (χ3v) is 7.04. The Morgan fingerprint density at radius 1 is 1.28 bits per heavy atom. The van der Waals surface area contributed by atoms with Crippen LogP contribution in [0.3, 0.4) is 0 Å². The highest BCUT2D eigenvalue weighted by Gasteiger charge is 2.68. The van der Waals surface area contributed by atoms with Gasteiger partial charge >= 0.3 is 7.12 Å². The normalized spacial score (nSPS) is 36.4. The quantitative estimate of drug-likeness (QED) is 0.564. The van der Waals surface area contributed by atoms with Gasteiger partial charge < -0.3 is 14.0 Å². The van der Waals surface area contributed by atoms with Gasteiger partial charge in [-0.3, -0.25) is 0 Å². The number of ether oxygens (including phenoxy) is 1. The zero-order chi connectivity index (χ0) is 17.7. The molecule has 1 aliphatic heterocycles. The monoisotopic (exact) mass is 340 g/mol. The maximum atomic E-state index is 6.52. The van der Waals surface area contributed by atoms with Gasteiger partial charge in [0.2, 0.25) is 0 Å². The molecule has 3 saturated carbocycles. The molecule has 0 spiro atoms. The van der Waals surface area contributed by atoms with Crippen molar-refractivity contribution >= 4 is 7.12 Å². The molecule has 0 radical (unpaired) electrons. The van der Waals surface area contributed by atoms with Crippen LogP contribution in [0.2, 0.25) is 5.82 Å². The van der Waals surface area contributed by atoms with Gasteiger partial charge in [-0.25, -0.2) is 0 Å². The molecule has 1 saturated heterocycles. The molecule has 1 heterocycles. The van der Waals surface area contributed by atoms with Crippen molar-refractivity contribution in [3.05, 3.63) is 48.6 Å². The fourth-order valence-corrected chi connectivity index (χ4v) is 5.23. The highest BCUT2D eigenvalue weighted by atomic mass is 16.7. The molecule has 3 aliphatic carbocycles. The Morgan fingerprint density at radius 3 is 2.72 bits per heavy atom. The fourth-order valence-electron chi connectivity index (χ4n) is 5.23. The molecule has 0 amide bonds.